The Morgan fingerprint density at radius 2 is 1.16 bits per heavy atom. The van der Waals surface area contributed by atoms with Crippen LogP contribution in [0.3, 0.4) is 0 Å². The molecule has 0 atom stereocenters. The van der Waals surface area contributed by atoms with Crippen molar-refractivity contribution >= 4 is 65.9 Å². The van der Waals surface area contributed by atoms with Gasteiger partial charge in [0, 0.05) is 16.3 Å². The summed E-state index contributed by atoms with van der Waals surface area (Å²) in [7, 11) is 0. The van der Waals surface area contributed by atoms with Crippen LogP contribution in [-0.2, 0) is 0 Å². The molecule has 150 valence electrons. The third-order valence-corrected chi connectivity index (χ3v) is 6.81. The zero-order chi connectivity index (χ0) is 21.2. The van der Waals surface area contributed by atoms with E-state index in [4.69, 9.17) is 16.0 Å². The molecule has 0 bridgehead atoms. The Balaban J connectivity index is 1.65. The smallest absolute Gasteiger partial charge is 0.144 e. The molecule has 0 aliphatic carbocycles. The van der Waals surface area contributed by atoms with Crippen LogP contribution < -0.4 is 0 Å². The Labute approximate surface area is 189 Å². The predicted molar refractivity (Wildman–Crippen MR) is 137 cm³/mol. The van der Waals surface area contributed by atoms with Crippen molar-refractivity contribution in [3.63, 3.8) is 0 Å². The fourth-order valence-corrected chi connectivity index (χ4v) is 5.26. The minimum atomic E-state index is 0.711. The van der Waals surface area contributed by atoms with E-state index in [1.807, 2.05) is 6.07 Å². The molecule has 0 saturated heterocycles. The molecule has 0 aliphatic heterocycles. The van der Waals surface area contributed by atoms with Gasteiger partial charge in [-0.2, -0.15) is 0 Å². The second kappa shape index (κ2) is 6.59. The molecule has 32 heavy (non-hydrogen) atoms. The van der Waals surface area contributed by atoms with Crippen LogP contribution >= 0.6 is 11.6 Å². The lowest BCUT2D eigenvalue weighted by atomic mass is 9.92. The minimum Gasteiger partial charge on any atom is -0.455 e. The summed E-state index contributed by atoms with van der Waals surface area (Å²) in [6, 6.07) is 36.1. The van der Waals surface area contributed by atoms with Crippen molar-refractivity contribution in [2.24, 2.45) is 0 Å². The molecule has 0 fully saturated rings. The summed E-state index contributed by atoms with van der Waals surface area (Å²) in [5.74, 6) is 0. The van der Waals surface area contributed by atoms with Crippen molar-refractivity contribution in [3.05, 3.63) is 108 Å². The normalized spacial score (nSPS) is 11.9. The maximum Gasteiger partial charge on any atom is 0.144 e. The zero-order valence-corrected chi connectivity index (χ0v) is 17.9. The Kier molecular flexibility index (Phi) is 3.67. The van der Waals surface area contributed by atoms with Crippen LogP contribution in [0.5, 0.6) is 0 Å². The number of benzene rings is 6. The van der Waals surface area contributed by atoms with E-state index in [2.05, 4.69) is 97.1 Å². The van der Waals surface area contributed by atoms with Gasteiger partial charge in [-0.15, -0.1) is 0 Å². The molecule has 7 rings (SSSR count). The van der Waals surface area contributed by atoms with E-state index in [1.54, 1.807) is 0 Å². The van der Waals surface area contributed by atoms with E-state index in [1.165, 1.54) is 26.9 Å². The Morgan fingerprint density at radius 3 is 1.97 bits per heavy atom. The van der Waals surface area contributed by atoms with Crippen LogP contribution in [0.4, 0.5) is 0 Å². The maximum atomic E-state index is 6.74. The molecule has 0 amide bonds. The summed E-state index contributed by atoms with van der Waals surface area (Å²) in [5, 5.41) is 10.00. The first-order valence-electron chi connectivity index (χ1n) is 10.7. The first-order valence-corrected chi connectivity index (χ1v) is 11.1. The largest absolute Gasteiger partial charge is 0.455 e. The van der Waals surface area contributed by atoms with Gasteiger partial charge in [-0.25, -0.2) is 0 Å². The van der Waals surface area contributed by atoms with Gasteiger partial charge in [0.05, 0.1) is 5.02 Å². The molecule has 0 spiro atoms. The van der Waals surface area contributed by atoms with Crippen LogP contribution in [0.1, 0.15) is 0 Å². The molecule has 6 aromatic carbocycles. The number of hydrogen-bond acceptors (Lipinski definition) is 1. The molecule has 2 heteroatoms. The van der Waals surface area contributed by atoms with E-state index in [0.29, 0.717) is 5.02 Å². The SMILES string of the molecule is Clc1ccc(-c2cc3ccccc3c3ccccc23)c2oc3cc4ccccc4cc3c12. The van der Waals surface area contributed by atoms with Crippen molar-refractivity contribution in [2.75, 3.05) is 0 Å². The summed E-state index contributed by atoms with van der Waals surface area (Å²) in [5.41, 5.74) is 3.91. The molecule has 1 aromatic heterocycles. The number of furan rings is 1. The molecule has 0 unspecified atom stereocenters. The number of rotatable bonds is 1. The van der Waals surface area contributed by atoms with Crippen molar-refractivity contribution in [1.82, 2.24) is 0 Å². The lowest BCUT2D eigenvalue weighted by molar-refractivity contribution is 0.670. The van der Waals surface area contributed by atoms with E-state index in [-0.39, 0.29) is 0 Å². The van der Waals surface area contributed by atoms with Crippen LogP contribution in [0.25, 0.3) is 65.4 Å². The maximum absolute atomic E-state index is 6.74. The van der Waals surface area contributed by atoms with Gasteiger partial charge in [0.25, 0.3) is 0 Å². The summed E-state index contributed by atoms with van der Waals surface area (Å²) in [4.78, 5) is 0. The van der Waals surface area contributed by atoms with Gasteiger partial charge in [-0.05, 0) is 68.2 Å². The molecule has 0 radical (unpaired) electrons. The summed E-state index contributed by atoms with van der Waals surface area (Å²) in [6.45, 7) is 0. The van der Waals surface area contributed by atoms with Crippen LogP contribution in [0.15, 0.2) is 108 Å². The highest BCUT2D eigenvalue weighted by molar-refractivity contribution is 6.38. The Bertz CT molecular complexity index is 1840. The first kappa shape index (κ1) is 17.8. The first-order chi connectivity index (χ1) is 15.8. The molecule has 0 N–H and O–H groups in total. The number of fused-ring (bicyclic) bond motifs is 7. The standard InChI is InChI=1S/C30H17ClO/c31-27-14-13-24(25-16-20-9-3-4-10-21(20)22-11-5-6-12-23(22)25)30-29(27)26-15-18-7-1-2-8-19(18)17-28(26)32-30/h1-17H. The average molecular weight is 429 g/mol. The van der Waals surface area contributed by atoms with Gasteiger partial charge in [-0.1, -0.05) is 84.4 Å². The Morgan fingerprint density at radius 1 is 0.500 bits per heavy atom. The lowest BCUT2D eigenvalue weighted by Gasteiger charge is -2.11. The Hall–Kier alpha value is -3.81. The molecular formula is C30H17ClO. The highest BCUT2D eigenvalue weighted by atomic mass is 35.5. The number of halogens is 1. The molecule has 0 saturated carbocycles. The second-order valence-electron chi connectivity index (χ2n) is 8.29. The van der Waals surface area contributed by atoms with Gasteiger partial charge in [0.2, 0.25) is 0 Å². The van der Waals surface area contributed by atoms with Crippen molar-refractivity contribution < 1.29 is 4.42 Å². The van der Waals surface area contributed by atoms with Crippen molar-refractivity contribution in [2.45, 2.75) is 0 Å². The van der Waals surface area contributed by atoms with E-state index in [0.717, 1.165) is 38.5 Å². The van der Waals surface area contributed by atoms with E-state index < -0.39 is 0 Å². The van der Waals surface area contributed by atoms with Crippen LogP contribution in [0.2, 0.25) is 5.02 Å². The molecular weight excluding hydrogens is 412 g/mol. The molecule has 7 aromatic rings. The number of hydrogen-bond donors (Lipinski definition) is 0. The lowest BCUT2D eigenvalue weighted by Crippen LogP contribution is -1.85. The quantitative estimate of drug-likeness (QED) is 0.237. The van der Waals surface area contributed by atoms with Gasteiger partial charge in [0.1, 0.15) is 11.2 Å². The van der Waals surface area contributed by atoms with Gasteiger partial charge in [0.15, 0.2) is 0 Å². The second-order valence-corrected chi connectivity index (χ2v) is 8.69. The van der Waals surface area contributed by atoms with E-state index in [9.17, 15) is 0 Å². The fourth-order valence-electron chi connectivity index (χ4n) is 5.01. The third-order valence-electron chi connectivity index (χ3n) is 6.49. The van der Waals surface area contributed by atoms with Crippen LogP contribution in [-0.4, -0.2) is 0 Å². The van der Waals surface area contributed by atoms with Gasteiger partial charge >= 0.3 is 0 Å². The summed E-state index contributed by atoms with van der Waals surface area (Å²) < 4.78 is 6.50. The molecule has 0 aliphatic rings. The van der Waals surface area contributed by atoms with Gasteiger partial charge < -0.3 is 4.42 Å². The van der Waals surface area contributed by atoms with Gasteiger partial charge in [-0.3, -0.25) is 0 Å². The van der Waals surface area contributed by atoms with Crippen LogP contribution in [0, 0.1) is 0 Å². The van der Waals surface area contributed by atoms with Crippen molar-refractivity contribution in [1.29, 1.82) is 0 Å². The highest BCUT2D eigenvalue weighted by Crippen LogP contribution is 2.43. The zero-order valence-electron chi connectivity index (χ0n) is 17.1. The molecule has 1 heterocycles. The van der Waals surface area contributed by atoms with E-state index >= 15 is 0 Å². The summed E-state index contributed by atoms with van der Waals surface area (Å²) in [6.07, 6.45) is 0. The highest BCUT2D eigenvalue weighted by Gasteiger charge is 2.18. The predicted octanol–water partition coefficient (Wildman–Crippen LogP) is 9.37. The monoisotopic (exact) mass is 428 g/mol. The summed E-state index contributed by atoms with van der Waals surface area (Å²) >= 11 is 6.74. The minimum absolute atomic E-state index is 0.711. The average Bonchev–Trinajstić information content (AvgIpc) is 3.21. The fraction of sp³-hybridized carbons (Fsp3) is 0. The molecule has 1 nitrogen and oxygen atoms in total. The topological polar surface area (TPSA) is 13.1 Å². The van der Waals surface area contributed by atoms with Crippen molar-refractivity contribution in [3.8, 4) is 11.1 Å². The third kappa shape index (κ3) is 2.46.